The van der Waals surface area contributed by atoms with Crippen LogP contribution in [0.25, 0.3) is 0 Å². The predicted octanol–water partition coefficient (Wildman–Crippen LogP) is 1.99. The Hall–Kier alpha value is -1.64. The lowest BCUT2D eigenvalue weighted by Gasteiger charge is -2.11. The number of sulfonamides is 1. The number of aryl methyl sites for hydroxylation is 1. The third kappa shape index (κ3) is 3.96. The van der Waals surface area contributed by atoms with E-state index in [0.717, 1.165) is 10.7 Å². The van der Waals surface area contributed by atoms with Crippen LogP contribution in [0.5, 0.6) is 11.5 Å². The van der Waals surface area contributed by atoms with Crippen LogP contribution in [-0.2, 0) is 16.4 Å². The number of rotatable bonds is 7. The Kier molecular flexibility index (Phi) is 5.38. The maximum atomic E-state index is 12.4. The molecule has 1 aromatic heterocycles. The molecule has 0 amide bonds. The second kappa shape index (κ2) is 7.08. The summed E-state index contributed by atoms with van der Waals surface area (Å²) in [6, 6.07) is 4.59. The molecule has 8 heteroatoms. The van der Waals surface area contributed by atoms with E-state index in [-0.39, 0.29) is 17.2 Å². The molecule has 0 saturated carbocycles. The van der Waals surface area contributed by atoms with Gasteiger partial charge in [0.25, 0.3) is 0 Å². The van der Waals surface area contributed by atoms with E-state index in [0.29, 0.717) is 12.2 Å². The van der Waals surface area contributed by atoms with Crippen LogP contribution in [0.4, 0.5) is 0 Å². The number of hydrogen-bond donors (Lipinski definition) is 1. The molecule has 1 N–H and O–H groups in total. The molecule has 0 spiro atoms. The molecule has 0 fully saturated rings. The minimum atomic E-state index is -3.65. The van der Waals surface area contributed by atoms with Gasteiger partial charge in [0.05, 0.1) is 24.9 Å². The molecule has 0 radical (unpaired) electrons. The molecule has 22 heavy (non-hydrogen) atoms. The Balaban J connectivity index is 2.09. The van der Waals surface area contributed by atoms with Gasteiger partial charge < -0.3 is 9.47 Å². The topological polar surface area (TPSA) is 77.5 Å². The first kappa shape index (κ1) is 16.7. The Morgan fingerprint density at radius 3 is 2.64 bits per heavy atom. The molecule has 0 bridgehead atoms. The molecule has 120 valence electrons. The third-order valence-electron chi connectivity index (χ3n) is 3.00. The summed E-state index contributed by atoms with van der Waals surface area (Å²) < 4.78 is 37.5. The van der Waals surface area contributed by atoms with E-state index in [4.69, 9.17) is 9.47 Å². The van der Waals surface area contributed by atoms with Crippen molar-refractivity contribution >= 4 is 21.4 Å². The average Bonchev–Trinajstić information content (AvgIpc) is 2.91. The van der Waals surface area contributed by atoms with E-state index < -0.39 is 10.0 Å². The quantitative estimate of drug-likeness (QED) is 0.832. The molecule has 1 aromatic carbocycles. The van der Waals surface area contributed by atoms with Crippen molar-refractivity contribution in [2.45, 2.75) is 18.2 Å². The van der Waals surface area contributed by atoms with Crippen LogP contribution in [0.3, 0.4) is 0 Å². The van der Waals surface area contributed by atoms with Gasteiger partial charge in [-0.3, -0.25) is 0 Å². The molecule has 1 heterocycles. The van der Waals surface area contributed by atoms with Crippen molar-refractivity contribution in [2.24, 2.45) is 0 Å². The van der Waals surface area contributed by atoms with E-state index in [1.165, 1.54) is 20.3 Å². The summed E-state index contributed by atoms with van der Waals surface area (Å²) in [5.74, 6) is 0.783. The second-order valence-electron chi connectivity index (χ2n) is 4.52. The van der Waals surface area contributed by atoms with Crippen LogP contribution in [0.2, 0.25) is 0 Å². The molecular weight excluding hydrogens is 324 g/mol. The van der Waals surface area contributed by atoms with E-state index in [1.807, 2.05) is 12.3 Å². The second-order valence-corrected chi connectivity index (χ2v) is 7.32. The van der Waals surface area contributed by atoms with Gasteiger partial charge in [-0.15, -0.1) is 11.3 Å². The summed E-state index contributed by atoms with van der Waals surface area (Å²) in [6.07, 6.45) is 0.544. The van der Waals surface area contributed by atoms with Gasteiger partial charge in [0.2, 0.25) is 10.0 Å². The summed E-state index contributed by atoms with van der Waals surface area (Å²) in [5, 5.41) is 2.90. The van der Waals surface area contributed by atoms with Gasteiger partial charge in [-0.05, 0) is 19.1 Å². The summed E-state index contributed by atoms with van der Waals surface area (Å²) in [6.45, 7) is 2.20. The van der Waals surface area contributed by atoms with E-state index in [1.54, 1.807) is 23.5 Å². The van der Waals surface area contributed by atoms with Gasteiger partial charge in [0, 0.05) is 24.4 Å². The van der Waals surface area contributed by atoms with Crippen LogP contribution in [0.15, 0.2) is 28.5 Å². The minimum absolute atomic E-state index is 0.0882. The summed E-state index contributed by atoms with van der Waals surface area (Å²) in [4.78, 5) is 4.39. The van der Waals surface area contributed by atoms with Crippen molar-refractivity contribution in [3.63, 3.8) is 0 Å². The summed E-state index contributed by atoms with van der Waals surface area (Å²) in [5.41, 5.74) is 0.881. The number of benzene rings is 1. The van der Waals surface area contributed by atoms with E-state index in [9.17, 15) is 8.42 Å². The number of thiazole rings is 1. The smallest absolute Gasteiger partial charge is 0.244 e. The molecule has 6 nitrogen and oxygen atoms in total. The van der Waals surface area contributed by atoms with Crippen molar-refractivity contribution in [3.05, 3.63) is 34.3 Å². The molecule has 0 aliphatic heterocycles. The maximum absolute atomic E-state index is 12.4. The highest BCUT2D eigenvalue weighted by Crippen LogP contribution is 2.28. The number of hydrogen-bond acceptors (Lipinski definition) is 6. The Morgan fingerprint density at radius 2 is 2.05 bits per heavy atom. The van der Waals surface area contributed by atoms with Gasteiger partial charge in [-0.1, -0.05) is 0 Å². The molecule has 0 aliphatic carbocycles. The number of ether oxygens (including phenoxy) is 2. The highest BCUT2D eigenvalue weighted by molar-refractivity contribution is 7.89. The van der Waals surface area contributed by atoms with Crippen molar-refractivity contribution in [1.82, 2.24) is 9.71 Å². The largest absolute Gasteiger partial charge is 0.497 e. The van der Waals surface area contributed by atoms with Crippen molar-refractivity contribution < 1.29 is 17.9 Å². The molecular formula is C14H18N2O4S2. The SMILES string of the molecule is COc1ccc(S(=O)(=O)NCCc2csc(C)n2)c(OC)c1. The number of nitrogens with one attached hydrogen (secondary N) is 1. The number of nitrogens with zero attached hydrogens (tertiary/aromatic N) is 1. The molecule has 0 aliphatic rings. The van der Waals surface area contributed by atoms with E-state index in [2.05, 4.69) is 9.71 Å². The molecule has 2 aromatic rings. The molecule has 2 rings (SSSR count). The lowest BCUT2D eigenvalue weighted by molar-refractivity contribution is 0.386. The first-order valence-corrected chi connectivity index (χ1v) is 8.95. The standard InChI is InChI=1S/C14H18N2O4S2/c1-10-16-11(9-21-10)6-7-15-22(17,18)14-5-4-12(19-2)8-13(14)20-3/h4-5,8-9,15H,6-7H2,1-3H3. The highest BCUT2D eigenvalue weighted by atomic mass is 32.2. The molecule has 0 saturated heterocycles. The van der Waals surface area contributed by atoms with Crippen LogP contribution < -0.4 is 14.2 Å². The normalized spacial score (nSPS) is 11.4. The van der Waals surface area contributed by atoms with Gasteiger partial charge in [-0.2, -0.15) is 0 Å². The van der Waals surface area contributed by atoms with Crippen LogP contribution in [0, 0.1) is 6.92 Å². The van der Waals surface area contributed by atoms with E-state index >= 15 is 0 Å². The van der Waals surface area contributed by atoms with Crippen LogP contribution in [-0.4, -0.2) is 34.2 Å². The summed E-state index contributed by atoms with van der Waals surface area (Å²) >= 11 is 1.55. The predicted molar refractivity (Wildman–Crippen MR) is 85.3 cm³/mol. The van der Waals surface area contributed by atoms with Crippen molar-refractivity contribution in [2.75, 3.05) is 20.8 Å². The fourth-order valence-electron chi connectivity index (χ4n) is 1.91. The number of methoxy groups -OCH3 is 2. The monoisotopic (exact) mass is 342 g/mol. The maximum Gasteiger partial charge on any atom is 0.244 e. The van der Waals surface area contributed by atoms with Gasteiger partial charge >= 0.3 is 0 Å². The summed E-state index contributed by atoms with van der Waals surface area (Å²) in [7, 11) is -0.713. The Morgan fingerprint density at radius 1 is 1.27 bits per heavy atom. The Bertz CT molecular complexity index is 741. The van der Waals surface area contributed by atoms with Crippen LogP contribution >= 0.6 is 11.3 Å². The third-order valence-corrected chi connectivity index (χ3v) is 5.32. The zero-order valence-corrected chi connectivity index (χ0v) is 14.3. The van der Waals surface area contributed by atoms with Crippen molar-refractivity contribution in [3.8, 4) is 11.5 Å². The minimum Gasteiger partial charge on any atom is -0.497 e. The average molecular weight is 342 g/mol. The zero-order valence-electron chi connectivity index (χ0n) is 12.6. The molecule has 0 unspecified atom stereocenters. The highest BCUT2D eigenvalue weighted by Gasteiger charge is 2.19. The lowest BCUT2D eigenvalue weighted by Crippen LogP contribution is -2.26. The lowest BCUT2D eigenvalue weighted by atomic mass is 10.3. The zero-order chi connectivity index (χ0) is 16.2. The fourth-order valence-corrected chi connectivity index (χ4v) is 3.74. The van der Waals surface area contributed by atoms with Gasteiger partial charge in [-0.25, -0.2) is 18.1 Å². The Labute approximate surface area is 134 Å². The van der Waals surface area contributed by atoms with Gasteiger partial charge in [0.1, 0.15) is 16.4 Å². The van der Waals surface area contributed by atoms with Crippen LogP contribution in [0.1, 0.15) is 10.7 Å². The molecule has 0 atom stereocenters. The fraction of sp³-hybridized carbons (Fsp3) is 0.357. The first-order chi connectivity index (χ1) is 10.5. The first-order valence-electron chi connectivity index (χ1n) is 6.59. The number of aromatic nitrogens is 1. The van der Waals surface area contributed by atoms with Crippen molar-refractivity contribution in [1.29, 1.82) is 0 Å². The van der Waals surface area contributed by atoms with Gasteiger partial charge in [0.15, 0.2) is 0 Å².